The molecule has 0 aromatic rings. The third kappa shape index (κ3) is 61.6. The number of aliphatic hydroxyl groups is 1. The zero-order chi connectivity index (χ0) is 57.7. The number of allylic oxidation sites excluding steroid dienone is 25. The second kappa shape index (κ2) is 58.8. The number of phosphoric ester groups is 1. The lowest BCUT2D eigenvalue weighted by molar-refractivity contribution is -0.870. The molecule has 0 fully saturated rings. The third-order valence-electron chi connectivity index (χ3n) is 12.9. The van der Waals surface area contributed by atoms with Crippen LogP contribution in [0.2, 0.25) is 0 Å². The van der Waals surface area contributed by atoms with Crippen LogP contribution in [-0.4, -0.2) is 68.5 Å². The van der Waals surface area contributed by atoms with Crippen molar-refractivity contribution in [1.29, 1.82) is 0 Å². The van der Waals surface area contributed by atoms with Gasteiger partial charge >= 0.3 is 0 Å². The molecule has 0 radical (unpaired) electrons. The smallest absolute Gasteiger partial charge is 0.268 e. The lowest BCUT2D eigenvalue weighted by Gasteiger charge is -2.29. The lowest BCUT2D eigenvalue weighted by Crippen LogP contribution is -2.45. The average Bonchev–Trinajstić information content (AvgIpc) is 3.42. The van der Waals surface area contributed by atoms with Crippen LogP contribution in [0, 0.1) is 0 Å². The highest BCUT2D eigenvalue weighted by Gasteiger charge is 2.23. The summed E-state index contributed by atoms with van der Waals surface area (Å²) in [7, 11) is 1.21. The number of aliphatic hydroxyl groups excluding tert-OH is 1. The Hall–Kier alpha value is -3.88. The van der Waals surface area contributed by atoms with Gasteiger partial charge < -0.3 is 28.8 Å². The summed E-state index contributed by atoms with van der Waals surface area (Å²) in [5, 5.41) is 13.8. The average molecular weight is 1110 g/mol. The number of nitrogens with one attached hydrogen (secondary N) is 1. The van der Waals surface area contributed by atoms with Gasteiger partial charge in [0.2, 0.25) is 5.91 Å². The maximum absolute atomic E-state index is 13.0. The van der Waals surface area contributed by atoms with E-state index in [1.165, 1.54) is 83.5 Å². The second-order valence-corrected chi connectivity index (χ2v) is 23.1. The Balaban J connectivity index is 4.15. The summed E-state index contributed by atoms with van der Waals surface area (Å²) >= 11 is 0. The SMILES string of the molecule is CC/C=C\C/C=C\C/C=C\C/C=C\C/C=C\C/C=C\C/C=C\C/C=C\C/C=C\C/C=C\CCCCCCCCCCCCC(=O)NC(COP(=O)([O-])OCC[N+](C)(C)C)C(O)/C=C/CC/C=C/CC/C=C/CCCCCCCC. The molecule has 0 aliphatic rings. The van der Waals surface area contributed by atoms with Gasteiger partial charge in [0.25, 0.3) is 7.82 Å². The Kier molecular flexibility index (Phi) is 55.9. The fourth-order valence-corrected chi connectivity index (χ4v) is 8.82. The van der Waals surface area contributed by atoms with E-state index in [-0.39, 0.29) is 12.5 Å². The van der Waals surface area contributed by atoms with E-state index in [4.69, 9.17) is 9.05 Å². The molecule has 0 saturated heterocycles. The molecule has 3 unspecified atom stereocenters. The van der Waals surface area contributed by atoms with E-state index in [1.54, 1.807) is 6.08 Å². The number of hydrogen-bond donors (Lipinski definition) is 2. The van der Waals surface area contributed by atoms with E-state index in [2.05, 4.69) is 165 Å². The molecule has 8 nitrogen and oxygen atoms in total. The van der Waals surface area contributed by atoms with E-state index in [1.807, 2.05) is 27.2 Å². The zero-order valence-electron chi connectivity index (χ0n) is 51.0. The molecular formula is C70H117N2O6P. The van der Waals surface area contributed by atoms with Crippen LogP contribution in [0.25, 0.3) is 0 Å². The Labute approximate surface area is 486 Å². The first-order valence-corrected chi connectivity index (χ1v) is 32.8. The van der Waals surface area contributed by atoms with Crippen molar-refractivity contribution >= 4 is 13.7 Å². The van der Waals surface area contributed by atoms with Crippen molar-refractivity contribution in [3.05, 3.63) is 158 Å². The van der Waals surface area contributed by atoms with Crippen LogP contribution < -0.4 is 10.2 Å². The van der Waals surface area contributed by atoms with Gasteiger partial charge in [-0.3, -0.25) is 9.36 Å². The topological polar surface area (TPSA) is 108 Å². The number of quaternary nitrogens is 1. The largest absolute Gasteiger partial charge is 0.756 e. The summed E-state index contributed by atoms with van der Waals surface area (Å²) in [5.74, 6) is -0.223. The summed E-state index contributed by atoms with van der Waals surface area (Å²) in [6.45, 7) is 4.47. The number of amides is 1. The van der Waals surface area contributed by atoms with Crippen molar-refractivity contribution in [3.8, 4) is 0 Å². The van der Waals surface area contributed by atoms with Crippen LogP contribution in [0.4, 0.5) is 0 Å². The van der Waals surface area contributed by atoms with Gasteiger partial charge in [-0.2, -0.15) is 0 Å². The Bertz CT molecular complexity index is 1840. The van der Waals surface area contributed by atoms with E-state index in [0.717, 1.165) is 122 Å². The summed E-state index contributed by atoms with van der Waals surface area (Å²) in [6, 6.07) is -0.923. The molecule has 448 valence electrons. The van der Waals surface area contributed by atoms with Gasteiger partial charge in [-0.25, -0.2) is 0 Å². The standard InChI is InChI=1S/C70H117N2O6P/c1-6-8-10-12-14-16-18-20-22-24-25-26-27-28-29-30-31-32-33-34-35-36-37-38-39-40-41-42-43-44-45-46-47-48-50-52-54-56-58-60-62-64-70(74)71-68(67-78-79(75,76)77-66-65-72(3,4)5)69(73)63-61-59-57-55-53-51-49-23-21-19-17-15-13-11-9-7-2/h8,10,14,16,20-23,25-26,28-29,31-32,34-35,37-38,40-41,43-44,53,55,61,63,68-69,73H,6-7,9,11-13,15,17-19,24,27,30,33,36,39,42,45-52,54,56-60,62,64-67H2,1-5H3,(H-,71,74,75,76)/b10-8-,16-14-,22-20-,23-21+,26-25-,29-28-,32-31-,35-34-,38-37-,41-40-,44-43-,55-53+,63-61+. The maximum atomic E-state index is 13.0. The lowest BCUT2D eigenvalue weighted by atomic mass is 10.0. The molecule has 0 bridgehead atoms. The first kappa shape index (κ1) is 75.1. The van der Waals surface area contributed by atoms with Crippen molar-refractivity contribution in [2.75, 3.05) is 40.9 Å². The molecule has 0 rings (SSSR count). The number of likely N-dealkylation sites (N-methyl/N-ethyl adjacent to an activating group) is 1. The quantitative estimate of drug-likeness (QED) is 0.0272. The Morgan fingerprint density at radius 3 is 1.18 bits per heavy atom. The summed E-state index contributed by atoms with van der Waals surface area (Å²) in [4.78, 5) is 25.5. The third-order valence-corrected chi connectivity index (χ3v) is 13.9. The highest BCUT2D eigenvalue weighted by molar-refractivity contribution is 7.45. The van der Waals surface area contributed by atoms with Crippen LogP contribution in [0.3, 0.4) is 0 Å². The monoisotopic (exact) mass is 1110 g/mol. The number of unbranched alkanes of at least 4 members (excludes halogenated alkanes) is 18. The molecule has 0 saturated carbocycles. The Morgan fingerprint density at radius 1 is 0.456 bits per heavy atom. The number of carbonyl (C=O) groups is 1. The number of nitrogens with zero attached hydrogens (tertiary/aromatic N) is 1. The van der Waals surface area contributed by atoms with E-state index >= 15 is 0 Å². The first-order valence-electron chi connectivity index (χ1n) is 31.3. The highest BCUT2D eigenvalue weighted by Crippen LogP contribution is 2.38. The van der Waals surface area contributed by atoms with Crippen LogP contribution in [0.15, 0.2) is 158 Å². The Morgan fingerprint density at radius 2 is 0.785 bits per heavy atom. The predicted octanol–water partition coefficient (Wildman–Crippen LogP) is 19.2. The normalized spacial score (nSPS) is 14.9. The van der Waals surface area contributed by atoms with Gasteiger partial charge in [0.1, 0.15) is 13.2 Å². The molecule has 0 aliphatic heterocycles. The van der Waals surface area contributed by atoms with Crippen molar-refractivity contribution in [3.63, 3.8) is 0 Å². The van der Waals surface area contributed by atoms with Gasteiger partial charge in [0.05, 0.1) is 39.9 Å². The molecule has 3 atom stereocenters. The predicted molar refractivity (Wildman–Crippen MR) is 343 cm³/mol. The van der Waals surface area contributed by atoms with Gasteiger partial charge in [-0.15, -0.1) is 0 Å². The molecule has 0 heterocycles. The van der Waals surface area contributed by atoms with Crippen LogP contribution in [0.5, 0.6) is 0 Å². The van der Waals surface area contributed by atoms with Crippen LogP contribution in [-0.2, 0) is 18.4 Å². The van der Waals surface area contributed by atoms with Crippen molar-refractivity contribution in [2.45, 2.75) is 238 Å². The minimum atomic E-state index is -4.62. The number of carbonyl (C=O) groups excluding carboxylic acids is 1. The summed E-state index contributed by atoms with van der Waals surface area (Å²) in [6.07, 6.45) is 91.9. The van der Waals surface area contributed by atoms with E-state index < -0.39 is 26.6 Å². The minimum absolute atomic E-state index is 0.0174. The number of hydrogen-bond acceptors (Lipinski definition) is 6. The molecule has 0 aromatic carbocycles. The van der Waals surface area contributed by atoms with Gasteiger partial charge in [0.15, 0.2) is 0 Å². The van der Waals surface area contributed by atoms with Crippen LogP contribution >= 0.6 is 7.82 Å². The second-order valence-electron chi connectivity index (χ2n) is 21.7. The molecule has 2 N–H and O–H groups in total. The minimum Gasteiger partial charge on any atom is -0.756 e. The molecule has 9 heteroatoms. The van der Waals surface area contributed by atoms with Crippen molar-refractivity contribution < 1.29 is 32.9 Å². The molecule has 0 aliphatic carbocycles. The molecule has 0 spiro atoms. The summed E-state index contributed by atoms with van der Waals surface area (Å²) in [5.41, 5.74) is 0. The van der Waals surface area contributed by atoms with Gasteiger partial charge in [0, 0.05) is 6.42 Å². The fourth-order valence-electron chi connectivity index (χ4n) is 8.09. The fraction of sp³-hybridized carbons (Fsp3) is 0.614. The van der Waals surface area contributed by atoms with E-state index in [0.29, 0.717) is 17.4 Å². The molecule has 0 aromatic heterocycles. The highest BCUT2D eigenvalue weighted by atomic mass is 31.2. The molecule has 1 amide bonds. The first-order chi connectivity index (χ1) is 38.5. The molecular weight excluding hydrogens is 996 g/mol. The van der Waals surface area contributed by atoms with Gasteiger partial charge in [-0.05, 0) is 122 Å². The number of phosphoric acid groups is 1. The van der Waals surface area contributed by atoms with Crippen LogP contribution in [0.1, 0.15) is 226 Å². The summed E-state index contributed by atoms with van der Waals surface area (Å²) < 4.78 is 23.3. The van der Waals surface area contributed by atoms with Crippen molar-refractivity contribution in [2.24, 2.45) is 0 Å². The van der Waals surface area contributed by atoms with E-state index in [9.17, 15) is 19.4 Å². The number of rotatable bonds is 55. The molecule has 79 heavy (non-hydrogen) atoms. The maximum Gasteiger partial charge on any atom is 0.268 e. The zero-order valence-corrected chi connectivity index (χ0v) is 51.9. The van der Waals surface area contributed by atoms with Crippen molar-refractivity contribution in [1.82, 2.24) is 5.32 Å². The van der Waals surface area contributed by atoms with Gasteiger partial charge in [-0.1, -0.05) is 255 Å².